The van der Waals surface area contributed by atoms with Crippen molar-refractivity contribution in [2.75, 3.05) is 0 Å². The fourth-order valence-electron chi connectivity index (χ4n) is 2.41. The summed E-state index contributed by atoms with van der Waals surface area (Å²) >= 11 is 0. The van der Waals surface area contributed by atoms with Crippen LogP contribution in [0, 0.1) is 11.6 Å². The molecule has 0 spiro atoms. The summed E-state index contributed by atoms with van der Waals surface area (Å²) in [7, 11) is 0. The number of rotatable bonds is 1. The minimum absolute atomic E-state index is 0.381. The van der Waals surface area contributed by atoms with Crippen LogP contribution in [0.1, 0.15) is 31.7 Å². The number of hydrogen-bond acceptors (Lipinski definition) is 1. The number of benzene rings is 1. The van der Waals surface area contributed by atoms with Crippen LogP contribution >= 0.6 is 0 Å². The molecular weight excluding hydrogens is 198 g/mol. The van der Waals surface area contributed by atoms with E-state index in [0.29, 0.717) is 24.8 Å². The zero-order chi connectivity index (χ0) is 11.1. The van der Waals surface area contributed by atoms with E-state index in [9.17, 15) is 13.9 Å². The van der Waals surface area contributed by atoms with Crippen molar-refractivity contribution in [2.45, 2.75) is 37.7 Å². The van der Waals surface area contributed by atoms with E-state index in [2.05, 4.69) is 0 Å². The lowest BCUT2D eigenvalue weighted by molar-refractivity contribution is 0.175. The molecular formula is C12H14F2O. The first-order valence-corrected chi connectivity index (χ1v) is 5.15. The van der Waals surface area contributed by atoms with Crippen LogP contribution < -0.4 is 0 Å². The number of hydrogen-bond donors (Lipinski definition) is 1. The van der Waals surface area contributed by atoms with Crippen LogP contribution in [0.5, 0.6) is 0 Å². The molecule has 2 atom stereocenters. The van der Waals surface area contributed by atoms with E-state index in [0.717, 1.165) is 12.1 Å². The summed E-state index contributed by atoms with van der Waals surface area (Å²) in [4.78, 5) is 0. The summed E-state index contributed by atoms with van der Waals surface area (Å²) in [6.45, 7) is 1.88. The quantitative estimate of drug-likeness (QED) is 0.759. The van der Waals surface area contributed by atoms with E-state index in [1.165, 1.54) is 6.07 Å². The van der Waals surface area contributed by atoms with Gasteiger partial charge in [0.05, 0.1) is 6.10 Å². The normalized spacial score (nSPS) is 30.8. The molecule has 3 heteroatoms. The molecule has 2 rings (SSSR count). The summed E-state index contributed by atoms with van der Waals surface area (Å²) in [6.07, 6.45) is 1.48. The van der Waals surface area contributed by atoms with Crippen molar-refractivity contribution in [1.82, 2.24) is 0 Å². The largest absolute Gasteiger partial charge is 0.393 e. The molecule has 82 valence electrons. The predicted octanol–water partition coefficient (Wildman–Crippen LogP) is 2.77. The molecule has 1 saturated carbocycles. The number of halogens is 2. The Morgan fingerprint density at radius 3 is 2.73 bits per heavy atom. The van der Waals surface area contributed by atoms with Crippen molar-refractivity contribution in [3.8, 4) is 0 Å². The van der Waals surface area contributed by atoms with Gasteiger partial charge in [-0.05, 0) is 48.4 Å². The summed E-state index contributed by atoms with van der Waals surface area (Å²) < 4.78 is 26.6. The maximum Gasteiger partial charge on any atom is 0.127 e. The Kier molecular flexibility index (Phi) is 2.51. The molecule has 15 heavy (non-hydrogen) atoms. The van der Waals surface area contributed by atoms with E-state index in [4.69, 9.17) is 0 Å². The van der Waals surface area contributed by atoms with E-state index in [-0.39, 0.29) is 5.82 Å². The highest BCUT2D eigenvalue weighted by Crippen LogP contribution is 2.41. The molecule has 0 aromatic heterocycles. The Labute approximate surface area is 87.7 Å². The van der Waals surface area contributed by atoms with Gasteiger partial charge in [-0.15, -0.1) is 0 Å². The molecule has 1 aliphatic rings. The number of aliphatic hydroxyl groups excluding tert-OH is 1. The van der Waals surface area contributed by atoms with Gasteiger partial charge in [-0.1, -0.05) is 6.92 Å². The molecule has 1 aromatic carbocycles. The van der Waals surface area contributed by atoms with Crippen molar-refractivity contribution >= 4 is 0 Å². The van der Waals surface area contributed by atoms with Crippen molar-refractivity contribution in [3.63, 3.8) is 0 Å². The summed E-state index contributed by atoms with van der Waals surface area (Å²) in [5.74, 6) is -0.804. The molecule has 2 unspecified atom stereocenters. The molecule has 0 saturated heterocycles. The molecule has 0 amide bonds. The van der Waals surface area contributed by atoms with E-state index >= 15 is 0 Å². The van der Waals surface area contributed by atoms with Crippen LogP contribution in [0.4, 0.5) is 8.78 Å². The van der Waals surface area contributed by atoms with Gasteiger partial charge in [-0.25, -0.2) is 8.78 Å². The van der Waals surface area contributed by atoms with Gasteiger partial charge in [0.2, 0.25) is 0 Å². The Morgan fingerprint density at radius 1 is 1.40 bits per heavy atom. The molecule has 1 N–H and O–H groups in total. The molecule has 1 aromatic rings. The fourth-order valence-corrected chi connectivity index (χ4v) is 2.41. The lowest BCUT2D eigenvalue weighted by Crippen LogP contribution is -2.20. The first-order chi connectivity index (χ1) is 7.01. The highest BCUT2D eigenvalue weighted by Gasteiger charge is 2.37. The minimum Gasteiger partial charge on any atom is -0.393 e. The lowest BCUT2D eigenvalue weighted by Gasteiger charge is -2.24. The second-order valence-electron chi connectivity index (χ2n) is 4.58. The second-order valence-corrected chi connectivity index (χ2v) is 4.58. The lowest BCUT2D eigenvalue weighted by atomic mass is 9.80. The average molecular weight is 212 g/mol. The zero-order valence-electron chi connectivity index (χ0n) is 8.63. The first-order valence-electron chi connectivity index (χ1n) is 5.15. The first kappa shape index (κ1) is 10.6. The van der Waals surface area contributed by atoms with Gasteiger partial charge in [0, 0.05) is 0 Å². The Morgan fingerprint density at radius 2 is 2.13 bits per heavy atom. The van der Waals surface area contributed by atoms with Crippen LogP contribution in [-0.4, -0.2) is 11.2 Å². The fraction of sp³-hybridized carbons (Fsp3) is 0.500. The molecule has 0 bridgehead atoms. The van der Waals surface area contributed by atoms with Crippen LogP contribution in [0.25, 0.3) is 0 Å². The van der Waals surface area contributed by atoms with E-state index in [1.807, 2.05) is 6.92 Å². The zero-order valence-corrected chi connectivity index (χ0v) is 8.63. The second kappa shape index (κ2) is 3.56. The van der Waals surface area contributed by atoms with Crippen molar-refractivity contribution < 1.29 is 13.9 Å². The Balaban J connectivity index is 2.40. The molecule has 0 radical (unpaired) electrons. The van der Waals surface area contributed by atoms with Gasteiger partial charge in [-0.3, -0.25) is 0 Å². The predicted molar refractivity (Wildman–Crippen MR) is 53.6 cm³/mol. The third-order valence-corrected chi connectivity index (χ3v) is 3.29. The van der Waals surface area contributed by atoms with Gasteiger partial charge in [0.15, 0.2) is 0 Å². The Bertz CT molecular complexity index is 378. The summed E-state index contributed by atoms with van der Waals surface area (Å²) in [6, 6.07) is 3.52. The van der Waals surface area contributed by atoms with Gasteiger partial charge >= 0.3 is 0 Å². The summed E-state index contributed by atoms with van der Waals surface area (Å²) in [5, 5.41) is 9.47. The van der Waals surface area contributed by atoms with E-state index in [1.54, 1.807) is 0 Å². The van der Waals surface area contributed by atoms with E-state index < -0.39 is 17.3 Å². The van der Waals surface area contributed by atoms with Gasteiger partial charge < -0.3 is 5.11 Å². The number of aliphatic hydroxyl groups is 1. The topological polar surface area (TPSA) is 20.2 Å². The third-order valence-electron chi connectivity index (χ3n) is 3.29. The molecule has 1 fully saturated rings. The maximum atomic E-state index is 13.5. The molecule has 1 aliphatic carbocycles. The van der Waals surface area contributed by atoms with Crippen LogP contribution in [0.15, 0.2) is 18.2 Å². The van der Waals surface area contributed by atoms with Gasteiger partial charge in [0.1, 0.15) is 11.6 Å². The molecule has 0 aliphatic heterocycles. The van der Waals surface area contributed by atoms with Crippen molar-refractivity contribution in [1.29, 1.82) is 0 Å². The SMILES string of the molecule is CC1(c2cc(F)ccc2F)CCC(O)C1. The highest BCUT2D eigenvalue weighted by atomic mass is 19.1. The molecule has 1 nitrogen and oxygen atoms in total. The average Bonchev–Trinajstić information content (AvgIpc) is 2.52. The highest BCUT2D eigenvalue weighted by molar-refractivity contribution is 5.28. The van der Waals surface area contributed by atoms with Crippen molar-refractivity contribution in [3.05, 3.63) is 35.4 Å². The summed E-state index contributed by atoms with van der Waals surface area (Å²) in [5.41, 5.74) is -0.0370. The molecule has 0 heterocycles. The van der Waals surface area contributed by atoms with Crippen LogP contribution in [0.2, 0.25) is 0 Å². The van der Waals surface area contributed by atoms with Crippen molar-refractivity contribution in [2.24, 2.45) is 0 Å². The monoisotopic (exact) mass is 212 g/mol. The smallest absolute Gasteiger partial charge is 0.127 e. The van der Waals surface area contributed by atoms with Crippen LogP contribution in [0.3, 0.4) is 0 Å². The third kappa shape index (κ3) is 1.88. The van der Waals surface area contributed by atoms with Crippen LogP contribution in [-0.2, 0) is 5.41 Å². The Hall–Kier alpha value is -0.960. The standard InChI is InChI=1S/C12H14F2O/c1-12(5-4-9(15)7-12)10-6-8(13)2-3-11(10)14/h2-3,6,9,15H,4-5,7H2,1H3. The van der Waals surface area contributed by atoms with Gasteiger partial charge in [0.25, 0.3) is 0 Å². The maximum absolute atomic E-state index is 13.5. The minimum atomic E-state index is -0.425. The van der Waals surface area contributed by atoms with Gasteiger partial charge in [-0.2, -0.15) is 0 Å².